The molecule has 0 aromatic heterocycles. The summed E-state index contributed by atoms with van der Waals surface area (Å²) in [6, 6.07) is 34.6. The lowest BCUT2D eigenvalue weighted by Crippen LogP contribution is -2.50. The van der Waals surface area contributed by atoms with Gasteiger partial charge in [-0.1, -0.05) is 168 Å². The molecule has 0 N–H and O–H groups in total. The second-order valence-electron chi connectivity index (χ2n) is 17.6. The fourth-order valence-corrected chi connectivity index (χ4v) is 15.9. The summed E-state index contributed by atoms with van der Waals surface area (Å²) in [7, 11) is -4.80. The molecule has 0 saturated heterocycles. The van der Waals surface area contributed by atoms with Crippen molar-refractivity contribution in [3.63, 3.8) is 0 Å². The average molecular weight is 881 g/mol. The summed E-state index contributed by atoms with van der Waals surface area (Å²) in [6.07, 6.45) is 8.99. The van der Waals surface area contributed by atoms with Gasteiger partial charge in [0.25, 0.3) is 0 Å². The lowest BCUT2D eigenvalue weighted by atomic mass is 9.89. The summed E-state index contributed by atoms with van der Waals surface area (Å²) in [5.41, 5.74) is 12.5. The Bertz CT molecular complexity index is 2050. The van der Waals surface area contributed by atoms with Gasteiger partial charge in [0.1, 0.15) is 6.10 Å². The van der Waals surface area contributed by atoms with E-state index in [0.29, 0.717) is 31.0 Å². The average Bonchev–Trinajstić information content (AvgIpc) is 3.23. The predicted octanol–water partition coefficient (Wildman–Crippen LogP) is 9.96. The van der Waals surface area contributed by atoms with E-state index in [0.717, 1.165) is 0 Å². The topological polar surface area (TPSA) is 27.7 Å². The Kier molecular flexibility index (Phi) is 21.6. The van der Waals surface area contributed by atoms with Crippen molar-refractivity contribution < 1.29 is 13.3 Å². The van der Waals surface area contributed by atoms with Crippen molar-refractivity contribution in [1.82, 2.24) is 0 Å². The minimum atomic E-state index is -1.74. The van der Waals surface area contributed by atoms with E-state index in [2.05, 4.69) is 169 Å². The van der Waals surface area contributed by atoms with Crippen molar-refractivity contribution in [3.05, 3.63) is 172 Å². The molecule has 0 heterocycles. The molecular formula is C56H76O3Si3. The van der Waals surface area contributed by atoms with E-state index in [1.165, 1.54) is 76.0 Å². The molecule has 0 spiro atoms. The van der Waals surface area contributed by atoms with Gasteiger partial charge in [-0.2, -0.15) is 0 Å². The van der Waals surface area contributed by atoms with Crippen LogP contribution < -0.4 is 25.9 Å². The number of aryl methyl sites for hydroxylation is 6. The Labute approximate surface area is 382 Å². The van der Waals surface area contributed by atoms with Crippen LogP contribution in [0.1, 0.15) is 116 Å². The lowest BCUT2D eigenvalue weighted by molar-refractivity contribution is 0.292. The van der Waals surface area contributed by atoms with E-state index in [1.807, 2.05) is 55.5 Å². The quantitative estimate of drug-likeness (QED) is 0.0562. The normalized spacial score (nSPS) is 12.1. The summed E-state index contributed by atoms with van der Waals surface area (Å²) in [5, 5.41) is 6.88. The molecule has 2 unspecified atom stereocenters. The largest absolute Gasteiger partial charge is 0.412 e. The minimum Gasteiger partial charge on any atom is -0.412 e. The Morgan fingerprint density at radius 1 is 0.548 bits per heavy atom. The Balaban J connectivity index is 0.000000250. The van der Waals surface area contributed by atoms with E-state index in [1.54, 1.807) is 0 Å². The molecule has 6 heteroatoms. The monoisotopic (exact) mass is 881 g/mol. The Morgan fingerprint density at radius 2 is 0.935 bits per heavy atom. The summed E-state index contributed by atoms with van der Waals surface area (Å²) in [5.74, 6) is 4.30. The van der Waals surface area contributed by atoms with Gasteiger partial charge in [0.05, 0.1) is 13.2 Å². The molecule has 0 saturated carbocycles. The second-order valence-corrected chi connectivity index (χ2v) is 24.4. The second kappa shape index (κ2) is 25.7. The third-order valence-electron chi connectivity index (χ3n) is 11.2. The van der Waals surface area contributed by atoms with Gasteiger partial charge in [0.2, 0.25) is 27.1 Å². The summed E-state index contributed by atoms with van der Waals surface area (Å²) < 4.78 is 18.5. The van der Waals surface area contributed by atoms with Crippen LogP contribution in [0.4, 0.5) is 0 Å². The van der Waals surface area contributed by atoms with E-state index in [9.17, 15) is 0 Å². The van der Waals surface area contributed by atoms with E-state index in [-0.39, 0.29) is 6.10 Å². The van der Waals surface area contributed by atoms with Crippen LogP contribution in [-0.2, 0) is 13.3 Å². The SMILES string of the molecule is C#CC(C)O[SiH](c1ccccc1)c1ccccc1.C=CCO[SiH](C)c1c(C(C)C)cc(C(C)C)cc1C(C)C.C=CCO[SiH](c1c(C)cc(C)cc1C)c1c(C)cc(C)cc1C. The van der Waals surface area contributed by atoms with Crippen LogP contribution in [0.5, 0.6) is 0 Å². The van der Waals surface area contributed by atoms with Crippen molar-refractivity contribution in [2.45, 2.75) is 120 Å². The van der Waals surface area contributed by atoms with Gasteiger partial charge in [-0.15, -0.1) is 19.6 Å². The highest BCUT2D eigenvalue weighted by atomic mass is 28.3. The van der Waals surface area contributed by atoms with Crippen LogP contribution in [0, 0.1) is 53.9 Å². The first-order valence-electron chi connectivity index (χ1n) is 22.4. The minimum absolute atomic E-state index is 0.151. The predicted molar refractivity (Wildman–Crippen MR) is 280 cm³/mol. The van der Waals surface area contributed by atoms with Gasteiger partial charge in [-0.25, -0.2) is 0 Å². The number of rotatable bonds is 16. The van der Waals surface area contributed by atoms with Gasteiger partial charge in [0, 0.05) is 0 Å². The van der Waals surface area contributed by atoms with Crippen molar-refractivity contribution in [2.75, 3.05) is 13.2 Å². The molecule has 0 fully saturated rings. The number of hydrogen-bond donors (Lipinski definition) is 0. The van der Waals surface area contributed by atoms with Crippen molar-refractivity contribution in [2.24, 2.45) is 0 Å². The number of benzene rings is 5. The van der Waals surface area contributed by atoms with Crippen LogP contribution in [-0.4, -0.2) is 46.4 Å². The maximum atomic E-state index is 6.39. The first-order chi connectivity index (χ1) is 29.4. The molecule has 330 valence electrons. The zero-order chi connectivity index (χ0) is 46.1. The first-order valence-corrected chi connectivity index (χ1v) is 27.9. The van der Waals surface area contributed by atoms with Crippen molar-refractivity contribution >= 4 is 53.1 Å². The summed E-state index contributed by atoms with van der Waals surface area (Å²) in [6.45, 7) is 40.0. The lowest BCUT2D eigenvalue weighted by Gasteiger charge is -2.26. The number of terminal acetylenes is 1. The molecule has 62 heavy (non-hydrogen) atoms. The third-order valence-corrected chi connectivity index (χ3v) is 19.4. The first kappa shape index (κ1) is 52.0. The highest BCUT2D eigenvalue weighted by Gasteiger charge is 2.26. The fraction of sp³-hybridized carbons (Fsp3) is 0.357. The molecule has 3 nitrogen and oxygen atoms in total. The molecule has 0 aliphatic heterocycles. The summed E-state index contributed by atoms with van der Waals surface area (Å²) >= 11 is 0. The van der Waals surface area contributed by atoms with E-state index >= 15 is 0 Å². The molecule has 0 bridgehead atoms. The maximum Gasteiger partial charge on any atom is 0.241 e. The van der Waals surface area contributed by atoms with Crippen molar-refractivity contribution in [3.8, 4) is 12.3 Å². The molecule has 5 aromatic rings. The molecule has 0 aliphatic rings. The van der Waals surface area contributed by atoms with Crippen LogP contribution in [0.15, 0.2) is 122 Å². The number of hydrogen-bond acceptors (Lipinski definition) is 3. The van der Waals surface area contributed by atoms with Crippen LogP contribution in [0.3, 0.4) is 0 Å². The highest BCUT2D eigenvalue weighted by Crippen LogP contribution is 2.26. The zero-order valence-electron chi connectivity index (χ0n) is 40.6. The van der Waals surface area contributed by atoms with Gasteiger partial charge in [0.15, 0.2) is 0 Å². The van der Waals surface area contributed by atoms with Gasteiger partial charge < -0.3 is 13.3 Å². The standard InChI is InChI=1S/C21H28OSi.C19H32OSi.C16H16OSi/c1-8-9-22-23(20-16(4)10-14(2)11-17(20)5)21-18(6)12-15(3)13-19(21)7;1-9-10-20-21(8)19-17(14(4)5)11-16(13(2)3)12-18(19)15(6)7;1-3-14(2)17-18(15-10-6-4-7-11-15)16-12-8-5-9-13-16/h8,10-13,23H,1,9H2,2-7H3;9,11-15,21H,1,10H2,2-8H3;1,4-14,18H,2H3. The smallest absolute Gasteiger partial charge is 0.241 e. The Hall–Kier alpha value is -4.33. The Morgan fingerprint density at radius 3 is 1.27 bits per heavy atom. The third kappa shape index (κ3) is 14.9. The maximum absolute atomic E-state index is 6.39. The zero-order valence-corrected chi connectivity index (χ0v) is 44.0. The molecule has 2 atom stereocenters. The molecular weight excluding hydrogens is 805 g/mol. The van der Waals surface area contributed by atoms with Crippen LogP contribution >= 0.6 is 0 Å². The van der Waals surface area contributed by atoms with Gasteiger partial charge in [-0.05, 0) is 138 Å². The van der Waals surface area contributed by atoms with E-state index < -0.39 is 27.1 Å². The van der Waals surface area contributed by atoms with Crippen LogP contribution in [0.2, 0.25) is 6.55 Å². The van der Waals surface area contributed by atoms with Gasteiger partial charge >= 0.3 is 0 Å². The molecule has 5 aromatic carbocycles. The molecule has 0 radical (unpaired) electrons. The highest BCUT2D eigenvalue weighted by molar-refractivity contribution is 6.81. The molecule has 0 amide bonds. The molecule has 0 aliphatic carbocycles. The molecule has 5 rings (SSSR count). The van der Waals surface area contributed by atoms with Gasteiger partial charge in [-0.3, -0.25) is 0 Å². The van der Waals surface area contributed by atoms with Crippen molar-refractivity contribution in [1.29, 1.82) is 0 Å². The fourth-order valence-electron chi connectivity index (χ4n) is 8.31. The van der Waals surface area contributed by atoms with E-state index in [4.69, 9.17) is 19.7 Å². The summed E-state index contributed by atoms with van der Waals surface area (Å²) in [4.78, 5) is 0. The van der Waals surface area contributed by atoms with Crippen LogP contribution in [0.25, 0.3) is 0 Å².